The second-order valence-corrected chi connectivity index (χ2v) is 6.73. The van der Waals surface area contributed by atoms with Gasteiger partial charge >= 0.3 is 0 Å². The summed E-state index contributed by atoms with van der Waals surface area (Å²) in [6.45, 7) is 0. The fraction of sp³-hybridized carbons (Fsp3) is 0.0400. The van der Waals surface area contributed by atoms with Gasteiger partial charge in [-0.1, -0.05) is 78.9 Å². The summed E-state index contributed by atoms with van der Waals surface area (Å²) in [6, 6.07) is 34.6. The van der Waals surface area contributed by atoms with Gasteiger partial charge in [-0.3, -0.25) is 0 Å². The van der Waals surface area contributed by atoms with Crippen LogP contribution in [0.2, 0.25) is 0 Å². The first-order valence-electron chi connectivity index (χ1n) is 8.95. The summed E-state index contributed by atoms with van der Waals surface area (Å²) in [5.74, 6) is 0. The predicted octanol–water partition coefficient (Wildman–Crippen LogP) is 6.67. The molecule has 1 heteroatoms. The van der Waals surface area contributed by atoms with E-state index in [0.717, 1.165) is 0 Å². The van der Waals surface area contributed by atoms with E-state index >= 15 is 0 Å². The zero-order valence-electron chi connectivity index (χ0n) is 14.7. The summed E-state index contributed by atoms with van der Waals surface area (Å²) in [4.78, 5) is 0. The average molecular weight is 333 g/mol. The van der Waals surface area contributed by atoms with E-state index in [1.807, 2.05) is 0 Å². The molecular weight excluding hydrogens is 314 g/mol. The molecule has 1 nitrogen and oxygen atoms in total. The SMILES string of the molecule is Cn1c2ccccc2c2cc(-c3ccccc3)cc(-c3ccccc3)c21. The van der Waals surface area contributed by atoms with Crippen molar-refractivity contribution in [2.75, 3.05) is 0 Å². The molecule has 0 unspecified atom stereocenters. The molecule has 0 saturated heterocycles. The Hall–Kier alpha value is -3.32. The Kier molecular flexibility index (Phi) is 3.39. The number of aromatic nitrogens is 1. The van der Waals surface area contributed by atoms with Crippen LogP contribution in [0.5, 0.6) is 0 Å². The van der Waals surface area contributed by atoms with Crippen molar-refractivity contribution in [3.05, 3.63) is 97.1 Å². The van der Waals surface area contributed by atoms with Crippen LogP contribution in [0, 0.1) is 0 Å². The maximum Gasteiger partial charge on any atom is 0.0568 e. The molecule has 5 rings (SSSR count). The van der Waals surface area contributed by atoms with Crippen LogP contribution in [0.3, 0.4) is 0 Å². The van der Waals surface area contributed by atoms with Crippen LogP contribution >= 0.6 is 0 Å². The first kappa shape index (κ1) is 15.0. The van der Waals surface area contributed by atoms with Gasteiger partial charge < -0.3 is 4.57 Å². The summed E-state index contributed by atoms with van der Waals surface area (Å²) >= 11 is 0. The van der Waals surface area contributed by atoms with Crippen LogP contribution in [0.15, 0.2) is 97.1 Å². The van der Waals surface area contributed by atoms with Crippen molar-refractivity contribution in [3.8, 4) is 22.3 Å². The van der Waals surface area contributed by atoms with Crippen molar-refractivity contribution < 1.29 is 0 Å². The van der Waals surface area contributed by atoms with Crippen LogP contribution in [0.25, 0.3) is 44.1 Å². The molecule has 0 radical (unpaired) electrons. The fourth-order valence-corrected chi connectivity index (χ4v) is 3.95. The molecule has 5 aromatic rings. The Labute approximate surface area is 153 Å². The molecule has 0 fully saturated rings. The highest BCUT2D eigenvalue weighted by Crippen LogP contribution is 2.38. The van der Waals surface area contributed by atoms with Crippen LogP contribution in [-0.4, -0.2) is 4.57 Å². The highest BCUT2D eigenvalue weighted by atomic mass is 14.9. The second-order valence-electron chi connectivity index (χ2n) is 6.73. The Bertz CT molecular complexity index is 1210. The minimum Gasteiger partial charge on any atom is -0.343 e. The van der Waals surface area contributed by atoms with Crippen molar-refractivity contribution in [1.29, 1.82) is 0 Å². The Balaban J connectivity index is 1.94. The smallest absolute Gasteiger partial charge is 0.0568 e. The van der Waals surface area contributed by atoms with E-state index in [2.05, 4.69) is 109 Å². The maximum absolute atomic E-state index is 2.33. The van der Waals surface area contributed by atoms with Crippen LogP contribution in [0.1, 0.15) is 0 Å². The number of para-hydroxylation sites is 1. The molecule has 26 heavy (non-hydrogen) atoms. The van der Waals surface area contributed by atoms with Crippen molar-refractivity contribution in [1.82, 2.24) is 4.57 Å². The number of benzene rings is 4. The number of nitrogens with zero attached hydrogens (tertiary/aromatic N) is 1. The van der Waals surface area contributed by atoms with E-state index in [0.29, 0.717) is 0 Å². The number of hydrogen-bond acceptors (Lipinski definition) is 0. The number of hydrogen-bond donors (Lipinski definition) is 0. The zero-order chi connectivity index (χ0) is 17.5. The summed E-state index contributed by atoms with van der Waals surface area (Å²) in [6.07, 6.45) is 0. The van der Waals surface area contributed by atoms with Crippen LogP contribution in [-0.2, 0) is 7.05 Å². The minimum atomic E-state index is 1.25. The standard InChI is InChI=1S/C25H19N/c1-26-24-15-9-8-14-21(24)23-17-20(18-10-4-2-5-11-18)16-22(25(23)26)19-12-6-3-7-13-19/h2-17H,1H3. The van der Waals surface area contributed by atoms with Gasteiger partial charge in [-0.25, -0.2) is 0 Å². The molecule has 0 bridgehead atoms. The van der Waals surface area contributed by atoms with Gasteiger partial charge in [0, 0.05) is 28.9 Å². The van der Waals surface area contributed by atoms with Crippen molar-refractivity contribution in [3.63, 3.8) is 0 Å². The van der Waals surface area contributed by atoms with Crippen molar-refractivity contribution in [2.24, 2.45) is 7.05 Å². The minimum absolute atomic E-state index is 1.25. The van der Waals surface area contributed by atoms with Gasteiger partial charge in [0.1, 0.15) is 0 Å². The van der Waals surface area contributed by atoms with Crippen molar-refractivity contribution in [2.45, 2.75) is 0 Å². The average Bonchev–Trinajstić information content (AvgIpc) is 3.01. The highest BCUT2D eigenvalue weighted by Gasteiger charge is 2.15. The molecular formula is C25H19N. The highest BCUT2D eigenvalue weighted by molar-refractivity contribution is 6.14. The van der Waals surface area contributed by atoms with Gasteiger partial charge in [-0.05, 0) is 34.9 Å². The number of rotatable bonds is 2. The molecule has 0 aliphatic heterocycles. The third kappa shape index (κ3) is 2.25. The summed E-state index contributed by atoms with van der Waals surface area (Å²) in [5, 5.41) is 2.61. The van der Waals surface area contributed by atoms with Crippen LogP contribution in [0.4, 0.5) is 0 Å². The van der Waals surface area contributed by atoms with E-state index in [-0.39, 0.29) is 0 Å². The molecule has 0 N–H and O–H groups in total. The molecule has 0 aliphatic carbocycles. The normalized spacial score (nSPS) is 11.3. The summed E-state index contributed by atoms with van der Waals surface area (Å²) in [5.41, 5.74) is 7.59. The van der Waals surface area contributed by atoms with Gasteiger partial charge in [0.2, 0.25) is 0 Å². The third-order valence-corrected chi connectivity index (χ3v) is 5.19. The Morgan fingerprint density at radius 1 is 0.538 bits per heavy atom. The predicted molar refractivity (Wildman–Crippen MR) is 111 cm³/mol. The Morgan fingerprint density at radius 2 is 1.15 bits per heavy atom. The van der Waals surface area contributed by atoms with Gasteiger partial charge in [0.15, 0.2) is 0 Å². The molecule has 0 atom stereocenters. The molecule has 0 saturated carbocycles. The molecule has 0 spiro atoms. The number of aryl methyl sites for hydroxylation is 1. The first-order valence-corrected chi connectivity index (χ1v) is 8.95. The quantitative estimate of drug-likeness (QED) is 0.340. The second kappa shape index (κ2) is 5.89. The monoisotopic (exact) mass is 333 g/mol. The topological polar surface area (TPSA) is 4.93 Å². The van der Waals surface area contributed by atoms with E-state index in [1.54, 1.807) is 0 Å². The lowest BCUT2D eigenvalue weighted by Gasteiger charge is -2.11. The lowest BCUT2D eigenvalue weighted by molar-refractivity contribution is 1.02. The molecule has 4 aromatic carbocycles. The third-order valence-electron chi connectivity index (χ3n) is 5.19. The maximum atomic E-state index is 2.33. The first-order chi connectivity index (χ1) is 12.8. The summed E-state index contributed by atoms with van der Waals surface area (Å²) in [7, 11) is 2.17. The van der Waals surface area contributed by atoms with Gasteiger partial charge in [0.25, 0.3) is 0 Å². The lowest BCUT2D eigenvalue weighted by atomic mass is 9.95. The largest absolute Gasteiger partial charge is 0.343 e. The molecule has 1 aromatic heterocycles. The van der Waals surface area contributed by atoms with Gasteiger partial charge in [-0.2, -0.15) is 0 Å². The van der Waals surface area contributed by atoms with Gasteiger partial charge in [0.05, 0.1) is 5.52 Å². The van der Waals surface area contributed by atoms with Gasteiger partial charge in [-0.15, -0.1) is 0 Å². The van der Waals surface area contributed by atoms with E-state index < -0.39 is 0 Å². The number of fused-ring (bicyclic) bond motifs is 3. The molecule has 124 valence electrons. The molecule has 0 aliphatic rings. The van der Waals surface area contributed by atoms with E-state index in [9.17, 15) is 0 Å². The fourth-order valence-electron chi connectivity index (χ4n) is 3.95. The molecule has 1 heterocycles. The zero-order valence-corrected chi connectivity index (χ0v) is 14.7. The van der Waals surface area contributed by atoms with E-state index in [1.165, 1.54) is 44.1 Å². The van der Waals surface area contributed by atoms with Crippen LogP contribution < -0.4 is 0 Å². The Morgan fingerprint density at radius 3 is 1.88 bits per heavy atom. The van der Waals surface area contributed by atoms with Crippen molar-refractivity contribution >= 4 is 21.8 Å². The molecule has 0 amide bonds. The summed E-state index contributed by atoms with van der Waals surface area (Å²) < 4.78 is 2.32. The lowest BCUT2D eigenvalue weighted by Crippen LogP contribution is -1.91. The van der Waals surface area contributed by atoms with E-state index in [4.69, 9.17) is 0 Å².